The van der Waals surface area contributed by atoms with Gasteiger partial charge in [0.25, 0.3) is 5.56 Å². The molecule has 2 aromatic heterocycles. The number of hydrogen-bond donors (Lipinski definition) is 1. The first-order valence-electron chi connectivity index (χ1n) is 9.89. The Kier molecular flexibility index (Phi) is 8.11. The third kappa shape index (κ3) is 5.59. The van der Waals surface area contributed by atoms with Gasteiger partial charge in [-0.2, -0.15) is 0 Å². The number of amides is 2. The molecular formula is C22H23ClN4O3S2. The van der Waals surface area contributed by atoms with E-state index in [0.717, 1.165) is 11.3 Å². The van der Waals surface area contributed by atoms with Crippen LogP contribution in [0.4, 0.5) is 5.69 Å². The highest BCUT2D eigenvalue weighted by Gasteiger charge is 2.18. The van der Waals surface area contributed by atoms with Crippen molar-refractivity contribution in [1.82, 2.24) is 14.5 Å². The van der Waals surface area contributed by atoms with Crippen LogP contribution >= 0.6 is 34.7 Å². The minimum absolute atomic E-state index is 0.0387. The third-order valence-electron chi connectivity index (χ3n) is 4.61. The van der Waals surface area contributed by atoms with Crippen molar-refractivity contribution >= 4 is 62.4 Å². The van der Waals surface area contributed by atoms with Gasteiger partial charge in [0.2, 0.25) is 11.8 Å². The van der Waals surface area contributed by atoms with E-state index in [9.17, 15) is 14.4 Å². The van der Waals surface area contributed by atoms with Gasteiger partial charge >= 0.3 is 0 Å². The highest BCUT2D eigenvalue weighted by Crippen LogP contribution is 2.25. The number of carbonyl (C=O) groups is 2. The first-order valence-corrected chi connectivity index (χ1v) is 12.1. The van der Waals surface area contributed by atoms with E-state index in [2.05, 4.69) is 16.9 Å². The Morgan fingerprint density at radius 2 is 2.12 bits per heavy atom. The molecule has 0 saturated heterocycles. The number of rotatable bonds is 9. The molecule has 10 heteroatoms. The lowest BCUT2D eigenvalue weighted by atomic mass is 10.3. The average Bonchev–Trinajstić information content (AvgIpc) is 3.19. The van der Waals surface area contributed by atoms with Gasteiger partial charge in [0.05, 0.1) is 28.4 Å². The smallest absolute Gasteiger partial charge is 0.263 e. The van der Waals surface area contributed by atoms with Gasteiger partial charge in [0, 0.05) is 18.5 Å². The Bertz CT molecular complexity index is 1220. The number of thioether (sulfide) groups is 1. The molecule has 2 amide bonds. The number of allylic oxidation sites excluding steroid dienone is 1. The van der Waals surface area contributed by atoms with Crippen LogP contribution in [-0.2, 0) is 22.6 Å². The van der Waals surface area contributed by atoms with Crippen molar-refractivity contribution in [2.24, 2.45) is 0 Å². The number of thiophene rings is 1. The summed E-state index contributed by atoms with van der Waals surface area (Å²) in [5.41, 5.74) is 0.344. The van der Waals surface area contributed by atoms with Crippen molar-refractivity contribution in [2.45, 2.75) is 25.0 Å². The predicted octanol–water partition coefficient (Wildman–Crippen LogP) is 4.05. The molecule has 2 heterocycles. The number of hydrogen-bond acceptors (Lipinski definition) is 6. The Hall–Kier alpha value is -2.62. The second-order valence-electron chi connectivity index (χ2n) is 6.95. The number of carbonyl (C=O) groups excluding carboxylic acids is 2. The summed E-state index contributed by atoms with van der Waals surface area (Å²) < 4.78 is 1.52. The van der Waals surface area contributed by atoms with Crippen LogP contribution in [0.1, 0.15) is 11.8 Å². The van der Waals surface area contributed by atoms with Gasteiger partial charge in [-0.15, -0.1) is 17.9 Å². The maximum atomic E-state index is 12.9. The summed E-state index contributed by atoms with van der Waals surface area (Å²) in [6.07, 6.45) is 2.45. The Labute approximate surface area is 199 Å². The molecule has 0 aliphatic carbocycles. The second-order valence-corrected chi connectivity index (χ2v) is 9.42. The van der Waals surface area contributed by atoms with Crippen LogP contribution in [0, 0.1) is 0 Å². The first-order chi connectivity index (χ1) is 15.3. The van der Waals surface area contributed by atoms with Gasteiger partial charge in [0.1, 0.15) is 4.83 Å². The highest BCUT2D eigenvalue weighted by atomic mass is 35.5. The number of benzene rings is 1. The molecule has 0 aliphatic rings. The van der Waals surface area contributed by atoms with Crippen molar-refractivity contribution in [2.75, 3.05) is 24.7 Å². The van der Waals surface area contributed by atoms with Crippen LogP contribution in [0.2, 0.25) is 5.02 Å². The van der Waals surface area contributed by atoms with E-state index in [1.807, 2.05) is 13.0 Å². The topological polar surface area (TPSA) is 84.3 Å². The molecule has 1 N–H and O–H groups in total. The van der Waals surface area contributed by atoms with E-state index in [4.69, 9.17) is 11.6 Å². The van der Waals surface area contributed by atoms with Gasteiger partial charge in [-0.05, 0) is 24.6 Å². The van der Waals surface area contributed by atoms with Crippen molar-refractivity contribution in [3.8, 4) is 0 Å². The zero-order valence-corrected chi connectivity index (χ0v) is 20.1. The molecule has 0 radical (unpaired) electrons. The van der Waals surface area contributed by atoms with Crippen LogP contribution in [0.3, 0.4) is 0 Å². The van der Waals surface area contributed by atoms with Crippen LogP contribution in [-0.4, -0.2) is 45.6 Å². The molecule has 168 valence electrons. The summed E-state index contributed by atoms with van der Waals surface area (Å²) in [6.45, 7) is 5.91. The van der Waals surface area contributed by atoms with Gasteiger partial charge in [-0.25, -0.2) is 4.98 Å². The fourth-order valence-electron chi connectivity index (χ4n) is 2.91. The summed E-state index contributed by atoms with van der Waals surface area (Å²) >= 11 is 8.70. The molecule has 0 aliphatic heterocycles. The second kappa shape index (κ2) is 10.8. The number of likely N-dealkylation sites (N-methyl/N-ethyl adjacent to an activating group) is 1. The number of halogens is 1. The number of aromatic nitrogens is 2. The third-order valence-corrected chi connectivity index (χ3v) is 7.07. The Balaban J connectivity index is 1.68. The van der Waals surface area contributed by atoms with Gasteiger partial charge in [0.15, 0.2) is 5.16 Å². The molecule has 0 saturated carbocycles. The zero-order valence-electron chi connectivity index (χ0n) is 17.8. The van der Waals surface area contributed by atoms with Crippen molar-refractivity contribution in [1.29, 1.82) is 0 Å². The Morgan fingerprint density at radius 1 is 1.38 bits per heavy atom. The number of para-hydroxylation sites is 1. The minimum Gasteiger partial charge on any atom is -0.336 e. The quantitative estimate of drug-likeness (QED) is 0.278. The molecule has 0 atom stereocenters. The molecule has 0 fully saturated rings. The molecular weight excluding hydrogens is 468 g/mol. The SMILES string of the molecule is C=CCn1c(SCC(=O)N(C)CC(=O)Nc2ccccc2Cl)nc2sc(CC)cc2c1=O. The fourth-order valence-corrected chi connectivity index (χ4v) is 5.05. The molecule has 32 heavy (non-hydrogen) atoms. The summed E-state index contributed by atoms with van der Waals surface area (Å²) in [5, 5.41) is 4.15. The summed E-state index contributed by atoms with van der Waals surface area (Å²) in [7, 11) is 1.55. The summed E-state index contributed by atoms with van der Waals surface area (Å²) in [5.74, 6) is -0.575. The van der Waals surface area contributed by atoms with Crippen LogP contribution < -0.4 is 10.9 Å². The average molecular weight is 491 g/mol. The number of fused-ring (bicyclic) bond motifs is 1. The van der Waals surface area contributed by atoms with E-state index >= 15 is 0 Å². The van der Waals surface area contributed by atoms with Crippen molar-refractivity contribution < 1.29 is 9.59 Å². The zero-order chi connectivity index (χ0) is 23.3. The van der Waals surface area contributed by atoms with E-state index < -0.39 is 0 Å². The molecule has 0 spiro atoms. The maximum absolute atomic E-state index is 12.9. The monoisotopic (exact) mass is 490 g/mol. The van der Waals surface area contributed by atoms with E-state index in [-0.39, 0.29) is 29.7 Å². The predicted molar refractivity (Wildman–Crippen MR) is 132 cm³/mol. The molecule has 1 aromatic carbocycles. The standard InChI is InChI=1S/C22H23ClN4O3S2/c1-4-10-27-21(30)15-11-14(5-2)32-20(15)25-22(27)31-13-19(29)26(3)12-18(28)24-17-9-7-6-8-16(17)23/h4,6-9,11H,1,5,10,12-13H2,2-3H3,(H,24,28). The van der Waals surface area contributed by atoms with E-state index in [1.54, 1.807) is 37.4 Å². The van der Waals surface area contributed by atoms with Crippen molar-refractivity contribution in [3.63, 3.8) is 0 Å². The van der Waals surface area contributed by atoms with E-state index in [0.29, 0.717) is 32.6 Å². The van der Waals surface area contributed by atoms with Crippen molar-refractivity contribution in [3.05, 3.63) is 63.2 Å². The molecule has 0 bridgehead atoms. The lowest BCUT2D eigenvalue weighted by Crippen LogP contribution is -2.36. The Morgan fingerprint density at radius 3 is 2.81 bits per heavy atom. The molecule has 3 rings (SSSR count). The fraction of sp³-hybridized carbons (Fsp3) is 0.273. The summed E-state index contributed by atoms with van der Waals surface area (Å²) in [6, 6.07) is 8.76. The number of nitrogens with one attached hydrogen (secondary N) is 1. The lowest BCUT2D eigenvalue weighted by Gasteiger charge is -2.17. The molecule has 0 unspecified atom stereocenters. The highest BCUT2D eigenvalue weighted by molar-refractivity contribution is 7.99. The largest absolute Gasteiger partial charge is 0.336 e. The van der Waals surface area contributed by atoms with Crippen LogP contribution in [0.25, 0.3) is 10.2 Å². The van der Waals surface area contributed by atoms with Gasteiger partial charge < -0.3 is 10.2 Å². The summed E-state index contributed by atoms with van der Waals surface area (Å²) in [4.78, 5) is 45.5. The lowest BCUT2D eigenvalue weighted by molar-refractivity contribution is -0.131. The first kappa shape index (κ1) is 24.0. The van der Waals surface area contributed by atoms with Crippen LogP contribution in [0.5, 0.6) is 0 Å². The van der Waals surface area contributed by atoms with Crippen LogP contribution in [0.15, 0.2) is 52.9 Å². The van der Waals surface area contributed by atoms with Gasteiger partial charge in [-0.1, -0.05) is 48.5 Å². The van der Waals surface area contributed by atoms with Gasteiger partial charge in [-0.3, -0.25) is 19.0 Å². The molecule has 7 nitrogen and oxygen atoms in total. The maximum Gasteiger partial charge on any atom is 0.263 e. The number of anilines is 1. The molecule has 3 aromatic rings. The number of nitrogens with zero attached hydrogens (tertiary/aromatic N) is 3. The normalized spacial score (nSPS) is 10.8. The minimum atomic E-state index is -0.354. The number of aryl methyl sites for hydroxylation is 1. The van der Waals surface area contributed by atoms with E-state index in [1.165, 1.54) is 32.6 Å².